The van der Waals surface area contributed by atoms with Gasteiger partial charge in [-0.25, -0.2) is 4.99 Å². The first kappa shape index (κ1) is 24.0. The molecule has 7 nitrogen and oxygen atoms in total. The van der Waals surface area contributed by atoms with Crippen LogP contribution < -0.4 is 20.9 Å². The first-order valence-corrected chi connectivity index (χ1v) is 9.90. The molecule has 0 fully saturated rings. The quantitative estimate of drug-likeness (QED) is 0.332. The Hall–Kier alpha value is -3.28. The second-order valence-corrected chi connectivity index (χ2v) is 7.00. The molecule has 5 N–H and O–H groups in total. The molecule has 0 radical (unpaired) electrons. The maximum absolute atomic E-state index is 12.3. The monoisotopic (exact) mass is 451 g/mol. The number of aliphatic imine (C=N–C) groups is 2. The van der Waals surface area contributed by atoms with Crippen molar-refractivity contribution in [3.63, 3.8) is 0 Å². The van der Waals surface area contributed by atoms with Crippen LogP contribution >= 0.6 is 0 Å². The van der Waals surface area contributed by atoms with Crippen molar-refractivity contribution < 1.29 is 22.5 Å². The van der Waals surface area contributed by atoms with Crippen LogP contribution in [0.25, 0.3) is 0 Å². The molecule has 1 atom stereocenters. The lowest BCUT2D eigenvalue weighted by Gasteiger charge is -2.14. The van der Waals surface area contributed by atoms with E-state index in [0.29, 0.717) is 33.4 Å². The fourth-order valence-corrected chi connectivity index (χ4v) is 2.90. The van der Waals surface area contributed by atoms with Gasteiger partial charge in [0, 0.05) is 24.2 Å². The lowest BCUT2D eigenvalue weighted by atomic mass is 10.1. The van der Waals surface area contributed by atoms with Gasteiger partial charge in [-0.2, -0.15) is 0 Å². The topological polar surface area (TPSA) is 121 Å². The molecule has 0 bridgehead atoms. The van der Waals surface area contributed by atoms with Gasteiger partial charge in [0.2, 0.25) is 0 Å². The molecular weight excluding hydrogens is 431 g/mol. The molecule has 11 heteroatoms. The minimum atomic E-state index is -4.77. The first-order chi connectivity index (χ1) is 14.6. The highest BCUT2D eigenvalue weighted by atomic mass is 32.2. The van der Waals surface area contributed by atoms with E-state index >= 15 is 0 Å². The van der Waals surface area contributed by atoms with Gasteiger partial charge in [-0.3, -0.25) is 4.99 Å². The van der Waals surface area contributed by atoms with Gasteiger partial charge < -0.3 is 20.3 Å². The van der Waals surface area contributed by atoms with Gasteiger partial charge in [-0.1, -0.05) is 12.6 Å². The predicted octanol–water partition coefficient (Wildman–Crippen LogP) is 4.16. The normalized spacial score (nSPS) is 14.2. The molecule has 0 heterocycles. The number of nitrogens with zero attached hydrogens (tertiary/aromatic N) is 2. The summed E-state index contributed by atoms with van der Waals surface area (Å²) in [5.41, 5.74) is 7.55. The van der Waals surface area contributed by atoms with Gasteiger partial charge in [0.15, 0.2) is 4.90 Å². The fraction of sp³-hybridized carbons (Fsp3) is 0.100. The zero-order valence-electron chi connectivity index (χ0n) is 16.4. The highest BCUT2D eigenvalue weighted by molar-refractivity contribution is 7.89. The lowest BCUT2D eigenvalue weighted by molar-refractivity contribution is -0.274. The van der Waals surface area contributed by atoms with Crippen molar-refractivity contribution in [2.24, 2.45) is 20.9 Å². The molecule has 0 aromatic heterocycles. The molecule has 2 aromatic rings. The van der Waals surface area contributed by atoms with Crippen LogP contribution in [-0.2, 0) is 11.4 Å². The van der Waals surface area contributed by atoms with Crippen molar-refractivity contribution in [2.45, 2.75) is 18.2 Å². The highest BCUT2D eigenvalue weighted by Crippen LogP contribution is 2.25. The van der Waals surface area contributed by atoms with Crippen LogP contribution in [-0.4, -0.2) is 22.5 Å². The van der Waals surface area contributed by atoms with Gasteiger partial charge in [0.05, 0.1) is 28.3 Å². The molecule has 0 saturated heterocycles. The largest absolute Gasteiger partial charge is 0.593 e. The average molecular weight is 451 g/mol. The number of anilines is 1. The Morgan fingerprint density at radius 2 is 1.90 bits per heavy atom. The Bertz CT molecular complexity index is 1000. The van der Waals surface area contributed by atoms with Crippen LogP contribution in [0.2, 0.25) is 0 Å². The van der Waals surface area contributed by atoms with Crippen LogP contribution in [0.3, 0.4) is 0 Å². The number of benzene rings is 2. The van der Waals surface area contributed by atoms with Crippen LogP contribution in [0.5, 0.6) is 5.75 Å². The van der Waals surface area contributed by atoms with Gasteiger partial charge in [0.25, 0.3) is 0 Å². The van der Waals surface area contributed by atoms with E-state index in [2.05, 4.69) is 26.6 Å². The fourth-order valence-electron chi connectivity index (χ4n) is 2.44. The maximum Gasteiger partial charge on any atom is 0.573 e. The zero-order valence-corrected chi connectivity index (χ0v) is 17.2. The molecule has 0 aliphatic rings. The van der Waals surface area contributed by atoms with Crippen molar-refractivity contribution in [1.82, 2.24) is 0 Å². The van der Waals surface area contributed by atoms with Crippen LogP contribution in [0.15, 0.2) is 88.0 Å². The molecule has 31 heavy (non-hydrogen) atoms. The van der Waals surface area contributed by atoms with E-state index in [9.17, 15) is 17.7 Å². The molecule has 2 rings (SSSR count). The Morgan fingerprint density at radius 3 is 2.45 bits per heavy atom. The molecular formula is C20H20F3N5O2S. The lowest BCUT2D eigenvalue weighted by Crippen LogP contribution is -2.21. The van der Waals surface area contributed by atoms with Crippen molar-refractivity contribution in [2.75, 3.05) is 5.32 Å². The number of halogens is 3. The molecule has 1 unspecified atom stereocenters. The summed E-state index contributed by atoms with van der Waals surface area (Å²) in [6.45, 7) is 5.23. The molecule has 0 spiro atoms. The van der Waals surface area contributed by atoms with E-state index in [1.54, 1.807) is 31.2 Å². The Labute approximate surface area is 180 Å². The van der Waals surface area contributed by atoms with Gasteiger partial charge in [-0.05, 0) is 43.3 Å². The molecule has 0 aliphatic carbocycles. The summed E-state index contributed by atoms with van der Waals surface area (Å²) >= 11 is -1.66. The third-order valence-electron chi connectivity index (χ3n) is 3.73. The first-order valence-electron chi connectivity index (χ1n) is 8.68. The standard InChI is InChI=1S/C20H20F3N5O2S/c1-3-26-19(28-15-5-4-6-17(11-15)31(25)29)18(12-24)13(2)27-14-7-9-16(10-8-14)30-20(21,22)23/h3-12H,1,24-25H2,2H3,(H,26,28). The van der Waals surface area contributed by atoms with E-state index in [1.165, 1.54) is 24.5 Å². The SMILES string of the molecule is C=CN=C(Nc1cccc([S+](N)[O-])c1)C(=CN)C(C)=Nc1ccc(OC(F)(F)F)cc1. The number of ether oxygens (including phenoxy) is 1. The maximum atomic E-state index is 12.3. The number of alkyl halides is 3. The summed E-state index contributed by atoms with van der Waals surface area (Å²) in [6, 6.07) is 11.6. The number of rotatable bonds is 7. The van der Waals surface area contributed by atoms with Crippen molar-refractivity contribution in [3.8, 4) is 5.75 Å². The van der Waals surface area contributed by atoms with Gasteiger partial charge in [0.1, 0.15) is 11.6 Å². The summed E-state index contributed by atoms with van der Waals surface area (Å²) in [5, 5.41) is 8.46. The second kappa shape index (κ2) is 10.7. The Balaban J connectivity index is 2.27. The third kappa shape index (κ3) is 7.48. The highest BCUT2D eigenvalue weighted by Gasteiger charge is 2.30. The van der Waals surface area contributed by atoms with E-state index in [4.69, 9.17) is 10.9 Å². The molecule has 0 amide bonds. The second-order valence-electron chi connectivity index (χ2n) is 5.93. The molecule has 0 aliphatic heterocycles. The van der Waals surface area contributed by atoms with Crippen LogP contribution in [0, 0.1) is 0 Å². The minimum Gasteiger partial charge on any atom is -0.593 e. The zero-order chi connectivity index (χ0) is 23.0. The Kier molecular flexibility index (Phi) is 8.25. The number of hydrogen-bond acceptors (Lipinski definition) is 6. The van der Waals surface area contributed by atoms with Gasteiger partial charge in [-0.15, -0.1) is 18.3 Å². The summed E-state index contributed by atoms with van der Waals surface area (Å²) in [7, 11) is 0. The minimum absolute atomic E-state index is 0.302. The number of amidine groups is 1. The summed E-state index contributed by atoms with van der Waals surface area (Å²) in [4.78, 5) is 8.95. The molecule has 164 valence electrons. The van der Waals surface area contributed by atoms with Crippen LogP contribution in [0.4, 0.5) is 24.5 Å². The van der Waals surface area contributed by atoms with Crippen LogP contribution in [0.1, 0.15) is 6.92 Å². The number of nitrogens with two attached hydrogens (primary N) is 2. The van der Waals surface area contributed by atoms with Crippen molar-refractivity contribution in [3.05, 3.63) is 73.1 Å². The summed E-state index contributed by atoms with van der Waals surface area (Å²) in [6.07, 6.45) is -2.20. The van der Waals surface area contributed by atoms with E-state index in [-0.39, 0.29) is 5.75 Å². The van der Waals surface area contributed by atoms with Gasteiger partial charge >= 0.3 is 6.36 Å². The molecule has 0 saturated carbocycles. The Morgan fingerprint density at radius 1 is 1.23 bits per heavy atom. The third-order valence-corrected chi connectivity index (χ3v) is 4.45. The predicted molar refractivity (Wildman–Crippen MR) is 116 cm³/mol. The smallest absolute Gasteiger partial charge is 0.573 e. The van der Waals surface area contributed by atoms with E-state index in [0.717, 1.165) is 12.1 Å². The average Bonchev–Trinajstić information content (AvgIpc) is 2.69. The number of nitrogens with one attached hydrogen (secondary N) is 1. The van der Waals surface area contributed by atoms with E-state index < -0.39 is 17.7 Å². The summed E-state index contributed by atoms with van der Waals surface area (Å²) < 4.78 is 52.2. The number of hydrogen-bond donors (Lipinski definition) is 3. The van der Waals surface area contributed by atoms with Crippen molar-refractivity contribution in [1.29, 1.82) is 0 Å². The summed E-state index contributed by atoms with van der Waals surface area (Å²) in [5.74, 6) is -0.0535. The van der Waals surface area contributed by atoms with Crippen molar-refractivity contribution >= 4 is 34.3 Å². The molecule has 2 aromatic carbocycles. The van der Waals surface area contributed by atoms with E-state index in [1.807, 2.05) is 0 Å².